The second kappa shape index (κ2) is 7.13. The van der Waals surface area contributed by atoms with Crippen molar-refractivity contribution < 1.29 is 25.3 Å². The average molecular weight is 436 g/mol. The molecule has 1 aromatic rings. The van der Waals surface area contributed by atoms with Crippen LogP contribution in [0.15, 0.2) is 29.2 Å². The summed E-state index contributed by atoms with van der Waals surface area (Å²) in [6.45, 7) is 4.01. The fraction of sp³-hybridized carbons (Fsp3) is 0.647. The summed E-state index contributed by atoms with van der Waals surface area (Å²) < 4.78 is 75.6. The van der Waals surface area contributed by atoms with E-state index < -0.39 is 41.8 Å². The summed E-state index contributed by atoms with van der Waals surface area (Å²) >= 11 is 0. The zero-order valence-electron chi connectivity index (χ0n) is 15.4. The molecule has 3 rings (SSSR count). The lowest BCUT2D eigenvalue weighted by molar-refractivity contribution is 0.280. The molecule has 0 aliphatic carbocycles. The van der Waals surface area contributed by atoms with Gasteiger partial charge in [-0.3, -0.25) is 0 Å². The molecule has 0 saturated carbocycles. The van der Waals surface area contributed by atoms with Crippen LogP contribution in [0.5, 0.6) is 0 Å². The van der Waals surface area contributed by atoms with E-state index in [0.29, 0.717) is 0 Å². The zero-order valence-corrected chi connectivity index (χ0v) is 17.9. The second-order valence-corrected chi connectivity index (χ2v) is 14.0. The second-order valence-electron chi connectivity index (χ2n) is 7.67. The van der Waals surface area contributed by atoms with Crippen LogP contribution >= 0.6 is 0 Å². The van der Waals surface area contributed by atoms with Gasteiger partial charge in [-0.05, 0) is 36.5 Å². The Morgan fingerprint density at radius 3 is 1.67 bits per heavy atom. The Bertz CT molecular complexity index is 967. The average Bonchev–Trinajstić information content (AvgIpc) is 3.09. The summed E-state index contributed by atoms with van der Waals surface area (Å²) in [6, 6.07) is 5.08. The summed E-state index contributed by atoms with van der Waals surface area (Å²) in [5.41, 5.74) is 0.993. The van der Waals surface area contributed by atoms with Crippen LogP contribution in [0.25, 0.3) is 0 Å². The number of hydrogen-bond donors (Lipinski definition) is 0. The molecule has 0 aromatic heterocycles. The minimum absolute atomic E-state index is 0.0699. The van der Waals surface area contributed by atoms with Gasteiger partial charge in [-0.15, -0.1) is 0 Å². The first-order chi connectivity index (χ1) is 12.4. The van der Waals surface area contributed by atoms with Gasteiger partial charge in [0.2, 0.25) is 10.0 Å². The Hall–Kier alpha value is -0.970. The first kappa shape index (κ1) is 20.8. The molecule has 0 amide bonds. The third kappa shape index (κ3) is 4.38. The maximum atomic E-state index is 13.3. The van der Waals surface area contributed by atoms with Gasteiger partial charge in [-0.25, -0.2) is 25.3 Å². The van der Waals surface area contributed by atoms with Gasteiger partial charge >= 0.3 is 0 Å². The van der Waals surface area contributed by atoms with Crippen molar-refractivity contribution in [3.05, 3.63) is 29.8 Å². The number of rotatable bonds is 5. The molecule has 27 heavy (non-hydrogen) atoms. The molecule has 2 aliphatic rings. The quantitative estimate of drug-likeness (QED) is 0.687. The normalized spacial score (nSPS) is 27.4. The van der Waals surface area contributed by atoms with E-state index in [-0.39, 0.29) is 46.7 Å². The minimum atomic E-state index is -4.01. The lowest BCUT2D eigenvalue weighted by atomic mass is 10.0. The largest absolute Gasteiger partial charge is 0.243 e. The topological polar surface area (TPSA) is 106 Å². The first-order valence-electron chi connectivity index (χ1n) is 8.96. The van der Waals surface area contributed by atoms with Gasteiger partial charge in [0.05, 0.1) is 27.9 Å². The van der Waals surface area contributed by atoms with Crippen molar-refractivity contribution in [2.75, 3.05) is 23.0 Å². The van der Waals surface area contributed by atoms with Crippen molar-refractivity contribution in [2.45, 2.75) is 49.6 Å². The fourth-order valence-electron chi connectivity index (χ4n) is 3.79. The fourth-order valence-corrected chi connectivity index (χ4v) is 9.27. The van der Waals surface area contributed by atoms with Crippen LogP contribution in [-0.4, -0.2) is 64.7 Å². The molecule has 7 nitrogen and oxygen atoms in total. The van der Waals surface area contributed by atoms with Crippen molar-refractivity contribution in [3.8, 4) is 0 Å². The van der Waals surface area contributed by atoms with E-state index in [1.807, 2.05) is 13.8 Å². The summed E-state index contributed by atoms with van der Waals surface area (Å²) in [5, 5.41) is 0. The molecule has 2 saturated heterocycles. The summed E-state index contributed by atoms with van der Waals surface area (Å²) in [4.78, 5) is 0.0699. The molecule has 2 fully saturated rings. The highest BCUT2D eigenvalue weighted by Crippen LogP contribution is 2.32. The summed E-state index contributed by atoms with van der Waals surface area (Å²) in [7, 11) is -10.6. The van der Waals surface area contributed by atoms with Crippen molar-refractivity contribution >= 4 is 29.7 Å². The third-order valence-corrected chi connectivity index (χ3v) is 10.8. The maximum absolute atomic E-state index is 13.3. The highest BCUT2D eigenvalue weighted by Gasteiger charge is 2.45. The molecule has 2 atom stereocenters. The highest BCUT2D eigenvalue weighted by molar-refractivity contribution is 7.92. The molecule has 10 heteroatoms. The molecule has 0 radical (unpaired) electrons. The Morgan fingerprint density at radius 1 is 0.889 bits per heavy atom. The van der Waals surface area contributed by atoms with Gasteiger partial charge in [0, 0.05) is 12.1 Å². The zero-order chi connectivity index (χ0) is 20.0. The van der Waals surface area contributed by atoms with E-state index in [2.05, 4.69) is 0 Å². The van der Waals surface area contributed by atoms with E-state index in [1.165, 1.54) is 16.4 Å². The van der Waals surface area contributed by atoms with Crippen molar-refractivity contribution in [3.63, 3.8) is 0 Å². The monoisotopic (exact) mass is 435 g/mol. The first-order valence-corrected chi connectivity index (χ1v) is 14.0. The van der Waals surface area contributed by atoms with E-state index in [4.69, 9.17) is 0 Å². The number of benzene rings is 1. The van der Waals surface area contributed by atoms with Gasteiger partial charge in [-0.1, -0.05) is 26.0 Å². The van der Waals surface area contributed by atoms with Crippen LogP contribution in [0.4, 0.5) is 0 Å². The van der Waals surface area contributed by atoms with E-state index in [9.17, 15) is 25.3 Å². The number of sulfonamides is 1. The lowest BCUT2D eigenvalue weighted by Gasteiger charge is -2.32. The lowest BCUT2D eigenvalue weighted by Crippen LogP contribution is -2.48. The van der Waals surface area contributed by atoms with Gasteiger partial charge in [0.1, 0.15) is 0 Å². The van der Waals surface area contributed by atoms with Crippen molar-refractivity contribution in [1.29, 1.82) is 0 Å². The smallest absolute Gasteiger partial charge is 0.229 e. The Morgan fingerprint density at radius 2 is 1.33 bits per heavy atom. The molecule has 0 bridgehead atoms. The van der Waals surface area contributed by atoms with Crippen molar-refractivity contribution in [1.82, 2.24) is 4.31 Å². The maximum Gasteiger partial charge on any atom is 0.243 e. The molecular formula is C17H25NO6S3. The number of sulfone groups is 2. The van der Waals surface area contributed by atoms with E-state index in [1.54, 1.807) is 12.1 Å². The SMILES string of the molecule is CC(C)c1ccc(S(=O)(=O)N([C@@H]2CCS(=O)(=O)C2)[C@@H]2CCS(=O)(=O)C2)cc1. The standard InChI is InChI=1S/C17H25NO6S3/c1-13(2)14-3-5-17(6-4-14)27(23,24)18(15-7-9-25(19,20)11-15)16-8-10-26(21,22)12-16/h3-6,13,15-16H,7-12H2,1-2H3/t15-,16-/m1/s1. The van der Waals surface area contributed by atoms with Gasteiger partial charge in [0.25, 0.3) is 0 Å². The van der Waals surface area contributed by atoms with Crippen molar-refractivity contribution in [2.24, 2.45) is 0 Å². The van der Waals surface area contributed by atoms with Gasteiger partial charge in [-0.2, -0.15) is 4.31 Å². The van der Waals surface area contributed by atoms with Crippen LogP contribution in [-0.2, 0) is 29.7 Å². The molecular weight excluding hydrogens is 410 g/mol. The van der Waals surface area contributed by atoms with Gasteiger partial charge < -0.3 is 0 Å². The minimum Gasteiger partial charge on any atom is -0.229 e. The third-order valence-electron chi connectivity index (χ3n) is 5.26. The van der Waals surface area contributed by atoms with Crippen LogP contribution in [0, 0.1) is 0 Å². The Kier molecular flexibility index (Phi) is 5.48. The van der Waals surface area contributed by atoms with E-state index >= 15 is 0 Å². The molecule has 2 heterocycles. The number of hydrogen-bond acceptors (Lipinski definition) is 6. The van der Waals surface area contributed by atoms with E-state index in [0.717, 1.165) is 5.56 Å². The molecule has 152 valence electrons. The molecule has 0 spiro atoms. The Balaban J connectivity index is 2.01. The van der Waals surface area contributed by atoms with Crippen LogP contribution < -0.4 is 0 Å². The Labute approximate surface area is 161 Å². The van der Waals surface area contributed by atoms with Crippen LogP contribution in [0.2, 0.25) is 0 Å². The predicted octanol–water partition coefficient (Wildman–Crippen LogP) is 1.17. The summed E-state index contributed by atoms with van der Waals surface area (Å²) in [6.07, 6.45) is 0.393. The molecule has 0 N–H and O–H groups in total. The van der Waals surface area contributed by atoms with Gasteiger partial charge in [0.15, 0.2) is 19.7 Å². The highest BCUT2D eigenvalue weighted by atomic mass is 32.2. The van der Waals surface area contributed by atoms with Crippen LogP contribution in [0.1, 0.15) is 38.2 Å². The molecule has 1 aromatic carbocycles. The molecule has 0 unspecified atom stereocenters. The predicted molar refractivity (Wildman–Crippen MR) is 104 cm³/mol. The van der Waals surface area contributed by atoms with Crippen LogP contribution in [0.3, 0.4) is 0 Å². The summed E-state index contributed by atoms with van der Waals surface area (Å²) in [5.74, 6) is -0.414. The molecule has 2 aliphatic heterocycles. The number of nitrogens with zero attached hydrogens (tertiary/aromatic N) is 1.